The van der Waals surface area contributed by atoms with E-state index >= 15 is 0 Å². The maximum absolute atomic E-state index is 12.9. The SMILES string of the molecule is Oc1ccc2cc1O[C@H]1c3c(c4cccc5c4n3CCC5)CC3(O)C1CCN(CCc1ccccc1)C3C2. The summed E-state index contributed by atoms with van der Waals surface area (Å²) in [5.74, 6) is 0.685. The van der Waals surface area contributed by atoms with E-state index < -0.39 is 5.60 Å². The van der Waals surface area contributed by atoms with Crippen molar-refractivity contribution < 1.29 is 14.9 Å². The fraction of sp³-hybridized carbons (Fsp3) is 0.394. The average Bonchev–Trinajstić information content (AvgIpc) is 3.24. The maximum atomic E-state index is 12.9. The van der Waals surface area contributed by atoms with Gasteiger partial charge < -0.3 is 19.5 Å². The molecule has 8 rings (SSSR count). The Morgan fingerprint density at radius 1 is 1.00 bits per heavy atom. The highest BCUT2D eigenvalue weighted by Crippen LogP contribution is 2.54. The first-order valence-electron chi connectivity index (χ1n) is 14.2. The van der Waals surface area contributed by atoms with Gasteiger partial charge in [0, 0.05) is 36.9 Å². The zero-order chi connectivity index (χ0) is 25.4. The van der Waals surface area contributed by atoms with Crippen LogP contribution in [-0.2, 0) is 32.2 Å². The number of hydrogen-bond donors (Lipinski definition) is 2. The number of aryl methyl sites for hydroxylation is 2. The van der Waals surface area contributed by atoms with Gasteiger partial charge in [-0.05, 0) is 73.0 Å². The fourth-order valence-electron chi connectivity index (χ4n) is 8.13. The highest BCUT2D eigenvalue weighted by atomic mass is 16.5. The Hall–Kier alpha value is -3.28. The van der Waals surface area contributed by atoms with Crippen LogP contribution in [0.1, 0.15) is 46.9 Å². The number of aromatic hydroxyl groups is 1. The predicted octanol–water partition coefficient (Wildman–Crippen LogP) is 5.19. The molecule has 0 saturated carbocycles. The summed E-state index contributed by atoms with van der Waals surface area (Å²) in [4.78, 5) is 2.53. The van der Waals surface area contributed by atoms with Gasteiger partial charge in [0.1, 0.15) is 6.10 Å². The van der Waals surface area contributed by atoms with Crippen LogP contribution in [0, 0.1) is 5.92 Å². The van der Waals surface area contributed by atoms with Gasteiger partial charge in [0.25, 0.3) is 0 Å². The molecule has 4 heterocycles. The Balaban J connectivity index is 1.30. The molecule has 0 spiro atoms. The smallest absolute Gasteiger partial charge is 0.162 e. The lowest BCUT2D eigenvalue weighted by Crippen LogP contribution is -2.66. The molecule has 6 bridgehead atoms. The van der Waals surface area contributed by atoms with E-state index in [0.717, 1.165) is 57.3 Å². The number of ether oxygens (including phenoxy) is 1. The minimum Gasteiger partial charge on any atom is -0.504 e. The molecule has 0 radical (unpaired) electrons. The summed E-state index contributed by atoms with van der Waals surface area (Å²) < 4.78 is 9.30. The molecular formula is C33H34N2O3. The molecule has 1 saturated heterocycles. The molecule has 1 fully saturated rings. The third-order valence-electron chi connectivity index (χ3n) is 9.86. The number of phenolic OH excluding ortho intramolecular Hbond substituents is 1. The first-order valence-corrected chi connectivity index (χ1v) is 14.2. The van der Waals surface area contributed by atoms with Crippen molar-refractivity contribution in [3.05, 3.63) is 94.7 Å². The number of nitrogens with zero attached hydrogens (tertiary/aromatic N) is 2. The minimum absolute atomic E-state index is 0.0218. The van der Waals surface area contributed by atoms with Gasteiger partial charge >= 0.3 is 0 Å². The van der Waals surface area contributed by atoms with E-state index in [4.69, 9.17) is 4.74 Å². The van der Waals surface area contributed by atoms with Crippen molar-refractivity contribution in [1.29, 1.82) is 0 Å². The van der Waals surface area contributed by atoms with Crippen molar-refractivity contribution in [1.82, 2.24) is 9.47 Å². The third-order valence-corrected chi connectivity index (χ3v) is 9.86. The molecule has 3 aliphatic heterocycles. The molecule has 1 aliphatic carbocycles. The van der Waals surface area contributed by atoms with Crippen molar-refractivity contribution in [2.24, 2.45) is 5.92 Å². The van der Waals surface area contributed by atoms with Gasteiger partial charge in [-0.2, -0.15) is 0 Å². The molecule has 4 aliphatic rings. The molecule has 1 aromatic heterocycles. The summed E-state index contributed by atoms with van der Waals surface area (Å²) in [6.07, 6.45) is 5.15. The Morgan fingerprint density at radius 3 is 2.79 bits per heavy atom. The number of para-hydroxylation sites is 1. The van der Waals surface area contributed by atoms with Crippen LogP contribution in [0.15, 0.2) is 66.7 Å². The summed E-state index contributed by atoms with van der Waals surface area (Å²) in [7, 11) is 0. The fourth-order valence-corrected chi connectivity index (χ4v) is 8.13. The van der Waals surface area contributed by atoms with Crippen LogP contribution in [0.4, 0.5) is 0 Å². The number of fused-ring (bicyclic) bond motifs is 6. The van der Waals surface area contributed by atoms with Gasteiger partial charge in [0.15, 0.2) is 11.5 Å². The molecule has 5 heteroatoms. The molecule has 3 unspecified atom stereocenters. The second-order valence-electron chi connectivity index (χ2n) is 11.8. The summed E-state index contributed by atoms with van der Waals surface area (Å²) in [6.45, 7) is 2.83. The van der Waals surface area contributed by atoms with Crippen molar-refractivity contribution >= 4 is 10.9 Å². The van der Waals surface area contributed by atoms with E-state index in [1.165, 1.54) is 33.3 Å². The first-order chi connectivity index (χ1) is 18.6. The molecular weight excluding hydrogens is 472 g/mol. The number of piperidine rings is 1. The topological polar surface area (TPSA) is 57.9 Å². The summed E-state index contributed by atoms with van der Waals surface area (Å²) >= 11 is 0. The summed E-state index contributed by atoms with van der Waals surface area (Å²) in [5, 5.41) is 25.0. The molecule has 4 atom stereocenters. The molecule has 38 heavy (non-hydrogen) atoms. The third kappa shape index (κ3) is 3.25. The van der Waals surface area contributed by atoms with E-state index in [2.05, 4.69) is 58.0 Å². The Bertz CT molecular complexity index is 1540. The van der Waals surface area contributed by atoms with E-state index in [0.29, 0.717) is 12.2 Å². The summed E-state index contributed by atoms with van der Waals surface area (Å²) in [5.41, 5.74) is 6.72. The van der Waals surface area contributed by atoms with Crippen LogP contribution in [0.3, 0.4) is 0 Å². The highest BCUT2D eigenvalue weighted by molar-refractivity contribution is 5.89. The van der Waals surface area contributed by atoms with E-state index in [-0.39, 0.29) is 23.8 Å². The maximum Gasteiger partial charge on any atom is 0.162 e. The van der Waals surface area contributed by atoms with Crippen LogP contribution in [0.25, 0.3) is 10.9 Å². The monoisotopic (exact) mass is 506 g/mol. The molecule has 4 aromatic rings. The first kappa shape index (κ1) is 22.7. The van der Waals surface area contributed by atoms with E-state index in [9.17, 15) is 10.2 Å². The molecule has 5 nitrogen and oxygen atoms in total. The Labute approximate surface area is 223 Å². The second-order valence-corrected chi connectivity index (χ2v) is 11.8. The number of aromatic nitrogens is 1. The number of likely N-dealkylation sites (tertiary alicyclic amines) is 1. The average molecular weight is 507 g/mol. The van der Waals surface area contributed by atoms with Crippen molar-refractivity contribution in [3.8, 4) is 11.5 Å². The van der Waals surface area contributed by atoms with Crippen LogP contribution >= 0.6 is 0 Å². The van der Waals surface area contributed by atoms with Gasteiger partial charge in [0.2, 0.25) is 0 Å². The highest BCUT2D eigenvalue weighted by Gasteiger charge is 2.58. The molecule has 194 valence electrons. The molecule has 2 N–H and O–H groups in total. The molecule has 3 aromatic carbocycles. The minimum atomic E-state index is -0.919. The Morgan fingerprint density at radius 2 is 1.89 bits per heavy atom. The van der Waals surface area contributed by atoms with Crippen LogP contribution in [-0.4, -0.2) is 44.4 Å². The Kier molecular flexibility index (Phi) is 4.99. The van der Waals surface area contributed by atoms with Gasteiger partial charge in [-0.15, -0.1) is 0 Å². The van der Waals surface area contributed by atoms with Gasteiger partial charge in [-0.1, -0.05) is 54.6 Å². The second kappa shape index (κ2) is 8.36. The lowest BCUT2D eigenvalue weighted by molar-refractivity contribution is -0.156. The standard InChI is InChI=1S/C33H34N2O3/c36-27-12-11-22-18-28(27)38-32-26-14-17-34(16-13-21-6-2-1-3-7-21)29(19-22)33(26,37)20-25-24-10-4-8-23-9-5-15-35(30(23)24)31(25)32/h1-4,6-8,10-12,18,26,29,32,36-37H,5,9,13-17,19-20H2/t26?,29?,32-,33?/m1/s1. The predicted molar refractivity (Wildman–Crippen MR) is 148 cm³/mol. The normalized spacial score (nSPS) is 27.7. The largest absolute Gasteiger partial charge is 0.504 e. The summed E-state index contributed by atoms with van der Waals surface area (Å²) in [6, 6.07) is 23.1. The number of phenols is 1. The quantitative estimate of drug-likeness (QED) is 0.402. The number of aliphatic hydroxyl groups is 1. The van der Waals surface area contributed by atoms with Gasteiger partial charge in [-0.3, -0.25) is 4.90 Å². The zero-order valence-corrected chi connectivity index (χ0v) is 21.6. The zero-order valence-electron chi connectivity index (χ0n) is 21.6. The molecule has 0 amide bonds. The van der Waals surface area contributed by atoms with Crippen LogP contribution in [0.5, 0.6) is 11.5 Å². The van der Waals surface area contributed by atoms with Crippen molar-refractivity contribution in [2.45, 2.75) is 62.8 Å². The number of hydrogen-bond acceptors (Lipinski definition) is 4. The van der Waals surface area contributed by atoms with Crippen molar-refractivity contribution in [2.75, 3.05) is 13.1 Å². The number of rotatable bonds is 3. The van der Waals surface area contributed by atoms with Gasteiger partial charge in [-0.25, -0.2) is 0 Å². The number of benzene rings is 3. The lowest BCUT2D eigenvalue weighted by atomic mass is 9.64. The van der Waals surface area contributed by atoms with E-state index in [1.54, 1.807) is 6.07 Å². The van der Waals surface area contributed by atoms with E-state index in [1.807, 2.05) is 12.1 Å². The van der Waals surface area contributed by atoms with Crippen LogP contribution < -0.4 is 4.74 Å². The van der Waals surface area contributed by atoms with Gasteiger partial charge in [0.05, 0.1) is 16.8 Å². The van der Waals surface area contributed by atoms with Crippen molar-refractivity contribution in [3.63, 3.8) is 0 Å². The lowest BCUT2D eigenvalue weighted by Gasteiger charge is -2.55. The van der Waals surface area contributed by atoms with Crippen LogP contribution in [0.2, 0.25) is 0 Å².